The average molecular weight is 153 g/mol. The summed E-state index contributed by atoms with van der Waals surface area (Å²) in [5, 5.41) is 3.14. The highest BCUT2D eigenvalue weighted by Crippen LogP contribution is 2.21. The smallest absolute Gasteiger partial charge is 0.137 e. The Kier molecular flexibility index (Phi) is 2.58. The van der Waals surface area contributed by atoms with Crippen molar-refractivity contribution in [3.05, 3.63) is 23.1 Å². The number of methoxy groups -OCH3 is 1. The van der Waals surface area contributed by atoms with Crippen LogP contribution in [0.4, 0.5) is 0 Å². The summed E-state index contributed by atoms with van der Waals surface area (Å²) < 4.78 is 5.21. The lowest BCUT2D eigenvalue weighted by Gasteiger charge is -2.16. The van der Waals surface area contributed by atoms with Crippen molar-refractivity contribution in [2.45, 2.75) is 19.8 Å². The van der Waals surface area contributed by atoms with E-state index in [1.807, 2.05) is 7.05 Å². The van der Waals surface area contributed by atoms with Gasteiger partial charge in [-0.1, -0.05) is 5.57 Å². The third kappa shape index (κ3) is 1.76. The maximum absolute atomic E-state index is 5.21. The molecule has 1 aliphatic carbocycles. The summed E-state index contributed by atoms with van der Waals surface area (Å²) in [4.78, 5) is 0. The zero-order valence-corrected chi connectivity index (χ0v) is 7.40. The van der Waals surface area contributed by atoms with Gasteiger partial charge in [0.25, 0.3) is 0 Å². The summed E-state index contributed by atoms with van der Waals surface area (Å²) in [5.41, 5.74) is 2.60. The van der Waals surface area contributed by atoms with Crippen LogP contribution in [0, 0.1) is 0 Å². The summed E-state index contributed by atoms with van der Waals surface area (Å²) in [5.74, 6) is 0.983. The first kappa shape index (κ1) is 8.18. The van der Waals surface area contributed by atoms with E-state index in [1.54, 1.807) is 7.11 Å². The highest BCUT2D eigenvalue weighted by molar-refractivity contribution is 5.27. The van der Waals surface area contributed by atoms with E-state index in [0.717, 1.165) is 18.6 Å². The lowest BCUT2D eigenvalue weighted by atomic mass is 10.0. The molecule has 1 rings (SSSR count). The maximum atomic E-state index is 5.21. The molecule has 0 saturated heterocycles. The number of hydrogen-bond acceptors (Lipinski definition) is 2. The molecule has 0 aliphatic heterocycles. The second-order valence-electron chi connectivity index (χ2n) is 2.79. The van der Waals surface area contributed by atoms with Gasteiger partial charge in [0.15, 0.2) is 0 Å². The maximum Gasteiger partial charge on any atom is 0.137 e. The number of nitrogens with one attached hydrogen (secondary N) is 1. The summed E-state index contributed by atoms with van der Waals surface area (Å²) >= 11 is 0. The minimum absolute atomic E-state index is 0.983. The van der Waals surface area contributed by atoms with E-state index >= 15 is 0 Å². The van der Waals surface area contributed by atoms with E-state index in [0.29, 0.717) is 0 Å². The summed E-state index contributed by atoms with van der Waals surface area (Å²) in [6.07, 6.45) is 4.31. The second kappa shape index (κ2) is 3.46. The van der Waals surface area contributed by atoms with Gasteiger partial charge < -0.3 is 10.1 Å². The van der Waals surface area contributed by atoms with Gasteiger partial charge in [-0.15, -0.1) is 0 Å². The first-order valence-corrected chi connectivity index (χ1v) is 3.90. The molecule has 2 heteroatoms. The van der Waals surface area contributed by atoms with Crippen LogP contribution in [0.25, 0.3) is 0 Å². The fourth-order valence-corrected chi connectivity index (χ4v) is 1.26. The van der Waals surface area contributed by atoms with Crippen LogP contribution >= 0.6 is 0 Å². The van der Waals surface area contributed by atoms with Gasteiger partial charge in [-0.2, -0.15) is 0 Å². The van der Waals surface area contributed by atoms with Crippen molar-refractivity contribution in [3.8, 4) is 0 Å². The molecule has 0 bridgehead atoms. The molecule has 0 heterocycles. The number of ether oxygens (including phenoxy) is 1. The van der Waals surface area contributed by atoms with Crippen molar-refractivity contribution in [1.82, 2.24) is 5.32 Å². The third-order valence-electron chi connectivity index (χ3n) is 1.97. The minimum atomic E-state index is 0.983. The largest absolute Gasteiger partial charge is 0.495 e. The molecule has 11 heavy (non-hydrogen) atoms. The highest BCUT2D eigenvalue weighted by atomic mass is 16.5. The van der Waals surface area contributed by atoms with E-state index in [-0.39, 0.29) is 0 Å². The first-order valence-electron chi connectivity index (χ1n) is 3.90. The molecule has 0 unspecified atom stereocenters. The highest BCUT2D eigenvalue weighted by Gasteiger charge is 2.09. The molecule has 0 spiro atoms. The predicted molar refractivity (Wildman–Crippen MR) is 46.1 cm³/mol. The van der Waals surface area contributed by atoms with Gasteiger partial charge in [0, 0.05) is 7.05 Å². The summed E-state index contributed by atoms with van der Waals surface area (Å²) in [6, 6.07) is 0. The average Bonchev–Trinajstić information content (AvgIpc) is 2.04. The molecule has 0 amide bonds. The van der Waals surface area contributed by atoms with Gasteiger partial charge in [0.2, 0.25) is 0 Å². The monoisotopic (exact) mass is 153 g/mol. The molecular weight excluding hydrogens is 138 g/mol. The zero-order valence-electron chi connectivity index (χ0n) is 7.40. The van der Waals surface area contributed by atoms with Crippen molar-refractivity contribution in [2.24, 2.45) is 0 Å². The van der Waals surface area contributed by atoms with Crippen molar-refractivity contribution in [2.75, 3.05) is 14.2 Å². The van der Waals surface area contributed by atoms with Crippen LogP contribution in [0.5, 0.6) is 0 Å². The Labute approximate surface area is 67.9 Å². The van der Waals surface area contributed by atoms with Crippen molar-refractivity contribution in [3.63, 3.8) is 0 Å². The number of allylic oxidation sites excluding steroid dienone is 3. The molecule has 1 aliphatic rings. The lowest BCUT2D eigenvalue weighted by Crippen LogP contribution is -2.12. The second-order valence-corrected chi connectivity index (χ2v) is 2.79. The Balaban J connectivity index is 2.83. The van der Waals surface area contributed by atoms with Crippen LogP contribution < -0.4 is 5.32 Å². The Morgan fingerprint density at radius 1 is 1.45 bits per heavy atom. The van der Waals surface area contributed by atoms with E-state index in [4.69, 9.17) is 4.74 Å². The van der Waals surface area contributed by atoms with E-state index in [2.05, 4.69) is 18.3 Å². The van der Waals surface area contributed by atoms with E-state index in [9.17, 15) is 0 Å². The fraction of sp³-hybridized carbons (Fsp3) is 0.556. The van der Waals surface area contributed by atoms with Crippen molar-refractivity contribution < 1.29 is 4.74 Å². The molecule has 1 N–H and O–H groups in total. The number of rotatable bonds is 2. The van der Waals surface area contributed by atoms with Crippen molar-refractivity contribution >= 4 is 0 Å². The molecule has 0 radical (unpaired) electrons. The molecule has 2 nitrogen and oxygen atoms in total. The molecule has 0 aromatic rings. The predicted octanol–water partition coefficient (Wildman–Crippen LogP) is 1.80. The van der Waals surface area contributed by atoms with E-state index < -0.39 is 0 Å². The standard InChI is InChI=1S/C9H15NO/c1-7-4-5-8(10-2)9(6-7)11-3/h6,10H,4-5H2,1-3H3. The summed E-state index contributed by atoms with van der Waals surface area (Å²) in [7, 11) is 3.64. The zero-order chi connectivity index (χ0) is 8.27. The molecule has 0 fully saturated rings. The van der Waals surface area contributed by atoms with Crippen LogP contribution in [0.1, 0.15) is 19.8 Å². The van der Waals surface area contributed by atoms with Gasteiger partial charge in [0.05, 0.1) is 12.8 Å². The molecule has 62 valence electrons. The first-order chi connectivity index (χ1) is 5.27. The topological polar surface area (TPSA) is 21.3 Å². The quantitative estimate of drug-likeness (QED) is 0.653. The van der Waals surface area contributed by atoms with Crippen LogP contribution in [0.15, 0.2) is 23.1 Å². The van der Waals surface area contributed by atoms with Crippen molar-refractivity contribution in [1.29, 1.82) is 0 Å². The molecule has 0 atom stereocenters. The van der Waals surface area contributed by atoms with Gasteiger partial charge >= 0.3 is 0 Å². The molecular formula is C9H15NO. The Morgan fingerprint density at radius 3 is 2.73 bits per heavy atom. The SMILES string of the molecule is CNC1=C(OC)C=C(C)CC1. The third-order valence-corrected chi connectivity index (χ3v) is 1.97. The minimum Gasteiger partial charge on any atom is -0.495 e. The van der Waals surface area contributed by atoms with Crippen LogP contribution in [-0.2, 0) is 4.74 Å². The lowest BCUT2D eigenvalue weighted by molar-refractivity contribution is 0.295. The molecule has 0 aromatic heterocycles. The molecule has 0 aromatic carbocycles. The van der Waals surface area contributed by atoms with Gasteiger partial charge in [-0.3, -0.25) is 0 Å². The Hall–Kier alpha value is -0.920. The molecule has 0 saturated carbocycles. The Morgan fingerprint density at radius 2 is 2.18 bits per heavy atom. The van der Waals surface area contributed by atoms with Crippen LogP contribution in [0.2, 0.25) is 0 Å². The van der Waals surface area contributed by atoms with Gasteiger partial charge in [-0.05, 0) is 25.8 Å². The summed E-state index contributed by atoms with van der Waals surface area (Å²) in [6.45, 7) is 2.13. The van der Waals surface area contributed by atoms with Crippen LogP contribution in [-0.4, -0.2) is 14.2 Å². The Bertz CT molecular complexity index is 204. The fourth-order valence-electron chi connectivity index (χ4n) is 1.26. The number of hydrogen-bond donors (Lipinski definition) is 1. The normalized spacial score (nSPS) is 17.9. The van der Waals surface area contributed by atoms with Gasteiger partial charge in [-0.25, -0.2) is 0 Å². The van der Waals surface area contributed by atoms with Gasteiger partial charge in [0.1, 0.15) is 5.76 Å². The van der Waals surface area contributed by atoms with E-state index in [1.165, 1.54) is 11.3 Å². The van der Waals surface area contributed by atoms with Crippen LogP contribution in [0.3, 0.4) is 0 Å².